The number of hydrogen-bond acceptors (Lipinski definition) is 4. The molecule has 0 saturated carbocycles. The molecule has 4 rings (SSSR count). The lowest BCUT2D eigenvalue weighted by molar-refractivity contribution is -0.132. The summed E-state index contributed by atoms with van der Waals surface area (Å²) in [5, 5.41) is 14.2. The van der Waals surface area contributed by atoms with Crippen molar-refractivity contribution in [1.29, 1.82) is 0 Å². The van der Waals surface area contributed by atoms with E-state index in [0.29, 0.717) is 27.5 Å². The highest BCUT2D eigenvalue weighted by Gasteiger charge is 2.46. The second-order valence-corrected chi connectivity index (χ2v) is 8.81. The maximum Gasteiger partial charge on any atom is 0.300 e. The second kappa shape index (κ2) is 9.21. The van der Waals surface area contributed by atoms with Crippen LogP contribution in [-0.2, 0) is 14.4 Å². The maximum atomic E-state index is 13.2. The van der Waals surface area contributed by atoms with Crippen LogP contribution in [0.25, 0.3) is 5.76 Å². The van der Waals surface area contributed by atoms with Crippen molar-refractivity contribution >= 4 is 62.3 Å². The van der Waals surface area contributed by atoms with Gasteiger partial charge in [-0.1, -0.05) is 39.7 Å². The Morgan fingerprint density at radius 3 is 2.15 bits per heavy atom. The zero-order valence-corrected chi connectivity index (χ0v) is 19.7. The monoisotopic (exact) mass is 524 g/mol. The van der Waals surface area contributed by atoms with Crippen molar-refractivity contribution in [2.24, 2.45) is 0 Å². The molecule has 0 aliphatic carbocycles. The molecular weight excluding hydrogens is 508 g/mol. The van der Waals surface area contributed by atoms with Crippen LogP contribution in [0.1, 0.15) is 24.1 Å². The Bertz CT molecular complexity index is 1270. The van der Waals surface area contributed by atoms with Gasteiger partial charge in [-0.25, -0.2) is 0 Å². The van der Waals surface area contributed by atoms with E-state index < -0.39 is 17.7 Å². The molecule has 0 bridgehead atoms. The molecule has 166 valence electrons. The molecule has 2 N–H and O–H groups in total. The summed E-state index contributed by atoms with van der Waals surface area (Å²) in [5.74, 6) is -2.05. The second-order valence-electron chi connectivity index (χ2n) is 7.46. The number of rotatable bonds is 4. The first kappa shape index (κ1) is 22.8. The molecule has 1 heterocycles. The van der Waals surface area contributed by atoms with Crippen LogP contribution in [0.2, 0.25) is 5.02 Å². The number of amides is 2. The number of carbonyl (C=O) groups is 3. The van der Waals surface area contributed by atoms with Crippen molar-refractivity contribution in [2.45, 2.75) is 13.0 Å². The lowest BCUT2D eigenvalue weighted by Crippen LogP contribution is -2.29. The zero-order valence-electron chi connectivity index (χ0n) is 17.4. The number of ketones is 1. The number of nitrogens with one attached hydrogen (secondary N) is 1. The molecule has 0 aromatic heterocycles. The van der Waals surface area contributed by atoms with E-state index in [2.05, 4.69) is 21.2 Å². The summed E-state index contributed by atoms with van der Waals surface area (Å²) < 4.78 is 0.834. The third-order valence-electron chi connectivity index (χ3n) is 5.21. The highest BCUT2D eigenvalue weighted by atomic mass is 79.9. The van der Waals surface area contributed by atoms with Crippen molar-refractivity contribution in [3.8, 4) is 0 Å². The van der Waals surface area contributed by atoms with Gasteiger partial charge in [-0.3, -0.25) is 19.3 Å². The molecule has 1 saturated heterocycles. The minimum atomic E-state index is -0.847. The first-order valence-corrected chi connectivity index (χ1v) is 11.1. The summed E-state index contributed by atoms with van der Waals surface area (Å²) >= 11 is 9.35. The number of hydrogen-bond donors (Lipinski definition) is 2. The van der Waals surface area contributed by atoms with Gasteiger partial charge >= 0.3 is 0 Å². The third-order valence-corrected chi connectivity index (χ3v) is 5.99. The number of anilines is 2. The average molecular weight is 526 g/mol. The van der Waals surface area contributed by atoms with Gasteiger partial charge in [-0.2, -0.15) is 0 Å². The van der Waals surface area contributed by atoms with E-state index in [0.717, 1.165) is 4.47 Å². The summed E-state index contributed by atoms with van der Waals surface area (Å²) in [6, 6.07) is 19.3. The van der Waals surface area contributed by atoms with Crippen LogP contribution in [0.15, 0.2) is 82.8 Å². The SMILES string of the molecule is CC(=O)Nc1ccc(N2C(=O)C(=O)/C(=C(/O)c3ccc(Cl)cc3)[C@H]2c2ccc(Br)cc2)cc1. The number of benzene rings is 3. The van der Waals surface area contributed by atoms with E-state index >= 15 is 0 Å². The Morgan fingerprint density at radius 1 is 0.970 bits per heavy atom. The van der Waals surface area contributed by atoms with Gasteiger partial charge in [-0.05, 0) is 66.2 Å². The summed E-state index contributed by atoms with van der Waals surface area (Å²) in [6.45, 7) is 1.40. The fraction of sp³-hybridized carbons (Fsp3) is 0.0800. The lowest BCUT2D eigenvalue weighted by atomic mass is 9.95. The Morgan fingerprint density at radius 2 is 1.58 bits per heavy atom. The van der Waals surface area contributed by atoms with Gasteiger partial charge in [0.2, 0.25) is 5.91 Å². The minimum Gasteiger partial charge on any atom is -0.507 e. The number of carbonyl (C=O) groups excluding carboxylic acids is 3. The van der Waals surface area contributed by atoms with Crippen molar-refractivity contribution in [3.63, 3.8) is 0 Å². The molecule has 8 heteroatoms. The largest absolute Gasteiger partial charge is 0.507 e. The number of aliphatic hydroxyl groups is 1. The van der Waals surface area contributed by atoms with Gasteiger partial charge in [0.15, 0.2) is 0 Å². The van der Waals surface area contributed by atoms with E-state index in [1.165, 1.54) is 11.8 Å². The average Bonchev–Trinajstić information content (AvgIpc) is 3.05. The Hall–Kier alpha value is -3.42. The molecule has 2 amide bonds. The quantitative estimate of drug-likeness (QED) is 0.260. The Labute approximate surface area is 203 Å². The van der Waals surface area contributed by atoms with Gasteiger partial charge in [0.25, 0.3) is 11.7 Å². The van der Waals surface area contributed by atoms with Crippen LogP contribution in [0.4, 0.5) is 11.4 Å². The van der Waals surface area contributed by atoms with E-state index in [9.17, 15) is 19.5 Å². The van der Waals surface area contributed by atoms with Crippen LogP contribution >= 0.6 is 27.5 Å². The number of nitrogens with zero attached hydrogens (tertiary/aromatic N) is 1. The summed E-state index contributed by atoms with van der Waals surface area (Å²) in [7, 11) is 0. The maximum absolute atomic E-state index is 13.2. The topological polar surface area (TPSA) is 86.7 Å². The minimum absolute atomic E-state index is 0.0180. The highest BCUT2D eigenvalue weighted by molar-refractivity contribution is 9.10. The molecule has 1 aliphatic heterocycles. The first-order chi connectivity index (χ1) is 15.8. The molecule has 0 unspecified atom stereocenters. The van der Waals surface area contributed by atoms with E-state index in [-0.39, 0.29) is 17.2 Å². The predicted molar refractivity (Wildman–Crippen MR) is 131 cm³/mol. The summed E-state index contributed by atoms with van der Waals surface area (Å²) in [5.41, 5.74) is 2.02. The van der Waals surface area contributed by atoms with Crippen LogP contribution in [0, 0.1) is 0 Å². The fourth-order valence-corrected chi connectivity index (χ4v) is 4.12. The van der Waals surface area contributed by atoms with Crippen molar-refractivity contribution in [3.05, 3.63) is 99.0 Å². The predicted octanol–water partition coefficient (Wildman–Crippen LogP) is 5.69. The number of aliphatic hydroxyl groups excluding tert-OH is 1. The standard InChI is InChI=1S/C25H18BrClN2O4/c1-14(30)28-19-10-12-20(13-11-19)29-22(15-2-6-17(26)7-3-15)21(24(32)25(29)33)23(31)16-4-8-18(27)9-5-16/h2-13,22,31H,1H3,(H,28,30)/b23-21+/t22-/m1/s1. The molecule has 0 spiro atoms. The van der Waals surface area contributed by atoms with Crippen LogP contribution in [-0.4, -0.2) is 22.7 Å². The normalized spacial score (nSPS) is 17.3. The first-order valence-electron chi connectivity index (χ1n) is 9.96. The van der Waals surface area contributed by atoms with E-state index in [1.54, 1.807) is 72.8 Å². The summed E-state index contributed by atoms with van der Waals surface area (Å²) in [4.78, 5) is 39.0. The molecule has 1 fully saturated rings. The molecule has 33 heavy (non-hydrogen) atoms. The van der Waals surface area contributed by atoms with Gasteiger partial charge in [0.05, 0.1) is 11.6 Å². The van der Waals surface area contributed by atoms with E-state index in [1.807, 2.05) is 0 Å². The van der Waals surface area contributed by atoms with Gasteiger partial charge in [-0.15, -0.1) is 0 Å². The van der Waals surface area contributed by atoms with Crippen LogP contribution in [0.3, 0.4) is 0 Å². The molecule has 0 radical (unpaired) electrons. The van der Waals surface area contributed by atoms with Crippen LogP contribution in [0.5, 0.6) is 0 Å². The van der Waals surface area contributed by atoms with Gasteiger partial charge in [0, 0.05) is 33.4 Å². The van der Waals surface area contributed by atoms with Crippen molar-refractivity contribution in [2.75, 3.05) is 10.2 Å². The third kappa shape index (κ3) is 4.55. The fourth-order valence-electron chi connectivity index (χ4n) is 3.73. The number of halogens is 2. The van der Waals surface area contributed by atoms with Crippen LogP contribution < -0.4 is 10.2 Å². The zero-order chi connectivity index (χ0) is 23.7. The number of Topliss-reactive ketones (excluding diaryl/α,β-unsaturated/α-hetero) is 1. The molecular formula is C25H18BrClN2O4. The Kier molecular flexibility index (Phi) is 6.35. The molecule has 3 aromatic rings. The molecule has 1 aliphatic rings. The smallest absolute Gasteiger partial charge is 0.300 e. The van der Waals surface area contributed by atoms with Crippen molar-refractivity contribution in [1.82, 2.24) is 0 Å². The molecule has 6 nitrogen and oxygen atoms in total. The highest BCUT2D eigenvalue weighted by Crippen LogP contribution is 2.42. The Balaban J connectivity index is 1.87. The lowest BCUT2D eigenvalue weighted by Gasteiger charge is -2.25. The summed E-state index contributed by atoms with van der Waals surface area (Å²) in [6.07, 6.45) is 0. The van der Waals surface area contributed by atoms with E-state index in [4.69, 9.17) is 11.6 Å². The molecule has 3 aromatic carbocycles. The van der Waals surface area contributed by atoms with Gasteiger partial charge < -0.3 is 10.4 Å². The molecule has 1 atom stereocenters. The van der Waals surface area contributed by atoms with Gasteiger partial charge in [0.1, 0.15) is 5.76 Å². The van der Waals surface area contributed by atoms with Crippen molar-refractivity contribution < 1.29 is 19.5 Å².